The molecule has 0 fully saturated rings. The highest BCUT2D eigenvalue weighted by atomic mass is 32.1. The number of fused-ring (bicyclic) bond motifs is 8. The number of benzene rings is 6. The van der Waals surface area contributed by atoms with E-state index in [9.17, 15) is 0 Å². The highest BCUT2D eigenvalue weighted by Crippen LogP contribution is 2.42. The second-order valence-electron chi connectivity index (χ2n) is 12.3. The zero-order chi connectivity index (χ0) is 31.6. The van der Waals surface area contributed by atoms with Crippen molar-refractivity contribution in [1.82, 2.24) is 15.0 Å². The van der Waals surface area contributed by atoms with Crippen molar-refractivity contribution in [2.45, 2.75) is 12.8 Å². The van der Waals surface area contributed by atoms with Gasteiger partial charge in [0.1, 0.15) is 11.2 Å². The molecule has 48 heavy (non-hydrogen) atoms. The topological polar surface area (TPSA) is 51.8 Å². The molecule has 6 aromatic carbocycles. The van der Waals surface area contributed by atoms with Crippen LogP contribution >= 0.6 is 11.3 Å². The summed E-state index contributed by atoms with van der Waals surface area (Å²) in [4.78, 5) is 15.5. The molecule has 10 rings (SSSR count). The van der Waals surface area contributed by atoms with Gasteiger partial charge in [0.05, 0.1) is 0 Å². The molecule has 1 aliphatic carbocycles. The standard InChI is InChI=1S/C43H27N3OS/c1-3-11-26(12-4-1)28-20-22-36-34(23-28)39-35(24-29-15-7-8-16-31(29)40(39)47-36)43-45-41(27-13-5-2-6-14-27)44-42(46-43)30-19-21-33-32-17-9-10-18-37(32)48-38(33)25-30/h1,3-5,7-25H,2,6H2. The highest BCUT2D eigenvalue weighted by Gasteiger charge is 2.21. The quantitative estimate of drug-likeness (QED) is 0.193. The number of aromatic nitrogens is 3. The Labute approximate surface area is 280 Å². The summed E-state index contributed by atoms with van der Waals surface area (Å²) in [6.07, 6.45) is 8.55. The van der Waals surface area contributed by atoms with Gasteiger partial charge in [-0.1, -0.05) is 109 Å². The molecule has 0 aliphatic heterocycles. The van der Waals surface area contributed by atoms with Crippen LogP contribution in [-0.4, -0.2) is 15.0 Å². The van der Waals surface area contributed by atoms with Gasteiger partial charge < -0.3 is 4.42 Å². The Hall–Kier alpha value is -5.91. The van der Waals surface area contributed by atoms with Crippen molar-refractivity contribution in [3.63, 3.8) is 0 Å². The zero-order valence-corrected chi connectivity index (χ0v) is 26.7. The molecule has 3 heterocycles. The van der Waals surface area contributed by atoms with Crippen LogP contribution in [0.15, 0.2) is 144 Å². The fraction of sp³-hybridized carbons (Fsp3) is 0.0465. The molecule has 0 N–H and O–H groups in total. The minimum atomic E-state index is 0.634. The highest BCUT2D eigenvalue weighted by molar-refractivity contribution is 7.25. The summed E-state index contributed by atoms with van der Waals surface area (Å²) in [7, 11) is 0. The summed E-state index contributed by atoms with van der Waals surface area (Å²) in [6.45, 7) is 0. The smallest absolute Gasteiger partial charge is 0.164 e. The zero-order valence-electron chi connectivity index (χ0n) is 25.9. The van der Waals surface area contributed by atoms with E-state index in [1.807, 2.05) is 6.07 Å². The Morgan fingerprint density at radius 1 is 0.542 bits per heavy atom. The second kappa shape index (κ2) is 10.8. The lowest BCUT2D eigenvalue weighted by Crippen LogP contribution is -2.03. The number of rotatable bonds is 4. The number of furan rings is 1. The first-order valence-electron chi connectivity index (χ1n) is 16.3. The Morgan fingerprint density at radius 3 is 2.21 bits per heavy atom. The van der Waals surface area contributed by atoms with Gasteiger partial charge in [0, 0.05) is 53.0 Å². The van der Waals surface area contributed by atoms with Crippen LogP contribution in [0.3, 0.4) is 0 Å². The fourth-order valence-corrected chi connectivity index (χ4v) is 8.14. The Morgan fingerprint density at radius 2 is 1.31 bits per heavy atom. The number of nitrogens with zero attached hydrogens (tertiary/aromatic N) is 3. The van der Waals surface area contributed by atoms with E-state index < -0.39 is 0 Å². The van der Waals surface area contributed by atoms with Crippen LogP contribution in [0, 0.1) is 0 Å². The normalized spacial score (nSPS) is 13.3. The first-order chi connectivity index (χ1) is 23.8. The van der Waals surface area contributed by atoms with Crippen molar-refractivity contribution in [2.24, 2.45) is 0 Å². The van der Waals surface area contributed by atoms with Gasteiger partial charge in [-0.25, -0.2) is 15.0 Å². The van der Waals surface area contributed by atoms with Crippen molar-refractivity contribution in [2.75, 3.05) is 0 Å². The maximum absolute atomic E-state index is 6.66. The van der Waals surface area contributed by atoms with E-state index in [0.717, 1.165) is 73.4 Å². The van der Waals surface area contributed by atoms with Gasteiger partial charge in [-0.05, 0) is 59.7 Å². The van der Waals surface area contributed by atoms with Crippen molar-refractivity contribution in [3.05, 3.63) is 145 Å². The maximum atomic E-state index is 6.66. The third-order valence-electron chi connectivity index (χ3n) is 9.34. The predicted molar refractivity (Wildman–Crippen MR) is 200 cm³/mol. The van der Waals surface area contributed by atoms with Crippen molar-refractivity contribution < 1.29 is 4.42 Å². The molecular weight excluding hydrogens is 607 g/mol. The number of allylic oxidation sites excluding steroid dienone is 4. The molecule has 4 nitrogen and oxygen atoms in total. The van der Waals surface area contributed by atoms with E-state index in [1.165, 1.54) is 20.2 Å². The maximum Gasteiger partial charge on any atom is 0.164 e. The molecule has 0 bridgehead atoms. The molecule has 0 radical (unpaired) electrons. The molecule has 226 valence electrons. The van der Waals surface area contributed by atoms with E-state index in [2.05, 4.69) is 133 Å². The summed E-state index contributed by atoms with van der Waals surface area (Å²) in [5.41, 5.74) is 6.90. The van der Waals surface area contributed by atoms with E-state index in [0.29, 0.717) is 17.5 Å². The van der Waals surface area contributed by atoms with Crippen molar-refractivity contribution in [1.29, 1.82) is 0 Å². The molecule has 0 saturated carbocycles. The molecule has 0 atom stereocenters. The average molecular weight is 634 g/mol. The van der Waals surface area contributed by atoms with Crippen molar-refractivity contribution in [3.8, 4) is 33.9 Å². The van der Waals surface area contributed by atoms with E-state index in [4.69, 9.17) is 19.4 Å². The Kier molecular flexibility index (Phi) is 6.14. The molecule has 0 spiro atoms. The Bertz CT molecular complexity index is 2790. The summed E-state index contributed by atoms with van der Waals surface area (Å²) >= 11 is 1.80. The van der Waals surface area contributed by atoms with Crippen LogP contribution < -0.4 is 0 Å². The van der Waals surface area contributed by atoms with E-state index in [-0.39, 0.29) is 0 Å². The minimum Gasteiger partial charge on any atom is -0.455 e. The minimum absolute atomic E-state index is 0.634. The van der Waals surface area contributed by atoms with Gasteiger partial charge in [-0.15, -0.1) is 11.3 Å². The van der Waals surface area contributed by atoms with Crippen LogP contribution in [0.4, 0.5) is 0 Å². The van der Waals surface area contributed by atoms with E-state index >= 15 is 0 Å². The van der Waals surface area contributed by atoms with Crippen LogP contribution in [0.2, 0.25) is 0 Å². The van der Waals surface area contributed by atoms with Gasteiger partial charge in [0.15, 0.2) is 17.5 Å². The third-order valence-corrected chi connectivity index (χ3v) is 10.5. The molecule has 9 aromatic rings. The van der Waals surface area contributed by atoms with Crippen LogP contribution in [0.1, 0.15) is 18.7 Å². The van der Waals surface area contributed by atoms with Crippen LogP contribution in [0.5, 0.6) is 0 Å². The summed E-state index contributed by atoms with van der Waals surface area (Å²) in [5.74, 6) is 1.98. The van der Waals surface area contributed by atoms with Crippen LogP contribution in [-0.2, 0) is 0 Å². The number of thiophene rings is 1. The molecular formula is C43H27N3OS. The van der Waals surface area contributed by atoms with Crippen molar-refractivity contribution >= 4 is 69.8 Å². The first kappa shape index (κ1) is 27.2. The van der Waals surface area contributed by atoms with Crippen LogP contribution in [0.25, 0.3) is 92.4 Å². The number of hydrogen-bond donors (Lipinski definition) is 0. The predicted octanol–water partition coefficient (Wildman–Crippen LogP) is 12.0. The largest absolute Gasteiger partial charge is 0.455 e. The summed E-state index contributed by atoms with van der Waals surface area (Å²) < 4.78 is 9.16. The fourth-order valence-electron chi connectivity index (χ4n) is 7.00. The lowest BCUT2D eigenvalue weighted by Gasteiger charge is -2.12. The first-order valence-corrected chi connectivity index (χ1v) is 17.1. The molecule has 0 saturated heterocycles. The monoisotopic (exact) mass is 633 g/mol. The third kappa shape index (κ3) is 4.39. The van der Waals surface area contributed by atoms with Gasteiger partial charge >= 0.3 is 0 Å². The van der Waals surface area contributed by atoms with Gasteiger partial charge in [0.2, 0.25) is 0 Å². The molecule has 0 unspecified atom stereocenters. The average Bonchev–Trinajstić information content (AvgIpc) is 3.73. The van der Waals surface area contributed by atoms with E-state index in [1.54, 1.807) is 11.3 Å². The SMILES string of the molecule is C1=CC(c2nc(-c3ccc4c(c3)sc3ccccc34)nc(-c3cc4ccccc4c4oc5ccc(-c6ccccc6)cc5c34)n2)=CCC1. The van der Waals surface area contributed by atoms with Gasteiger partial charge in [0.25, 0.3) is 0 Å². The van der Waals surface area contributed by atoms with Gasteiger partial charge in [-0.3, -0.25) is 0 Å². The lowest BCUT2D eigenvalue weighted by atomic mass is 9.97. The second-order valence-corrected chi connectivity index (χ2v) is 13.4. The summed E-state index contributed by atoms with van der Waals surface area (Å²) in [6, 6.07) is 42.7. The molecule has 5 heteroatoms. The Balaban J connectivity index is 1.25. The lowest BCUT2D eigenvalue weighted by molar-refractivity contribution is 0.673. The van der Waals surface area contributed by atoms with Gasteiger partial charge in [-0.2, -0.15) is 0 Å². The number of hydrogen-bond acceptors (Lipinski definition) is 5. The molecule has 0 amide bonds. The summed E-state index contributed by atoms with van der Waals surface area (Å²) in [5, 5.41) is 6.73. The molecule has 1 aliphatic rings. The molecule has 3 aromatic heterocycles.